The Bertz CT molecular complexity index is 236. The fraction of sp³-hybridized carbons (Fsp3) is 0.889. The third kappa shape index (κ3) is 2.78. The second kappa shape index (κ2) is 4.73. The minimum absolute atomic E-state index is 0.0896. The van der Waals surface area contributed by atoms with Gasteiger partial charge in [0.2, 0.25) is 0 Å². The standard InChI is InChI=1S/C9H15NO2S/c1-7(5-10)6-13(11)9-3-4-12-8(9)2/h7-9H,3-4,6H2,1-2H3. The molecule has 3 nitrogen and oxygen atoms in total. The van der Waals surface area contributed by atoms with E-state index in [4.69, 9.17) is 10.00 Å². The first-order chi connectivity index (χ1) is 6.15. The van der Waals surface area contributed by atoms with E-state index in [0.29, 0.717) is 12.4 Å². The smallest absolute Gasteiger partial charge is 0.0691 e. The van der Waals surface area contributed by atoms with Gasteiger partial charge in [-0.2, -0.15) is 5.26 Å². The molecule has 0 aromatic rings. The molecular weight excluding hydrogens is 186 g/mol. The summed E-state index contributed by atoms with van der Waals surface area (Å²) in [6, 6.07) is 2.10. The van der Waals surface area contributed by atoms with Crippen LogP contribution in [0.2, 0.25) is 0 Å². The normalized spacial score (nSPS) is 32.4. The van der Waals surface area contributed by atoms with Gasteiger partial charge in [-0.15, -0.1) is 0 Å². The van der Waals surface area contributed by atoms with Gasteiger partial charge < -0.3 is 4.74 Å². The van der Waals surface area contributed by atoms with Crippen LogP contribution in [0.3, 0.4) is 0 Å². The van der Waals surface area contributed by atoms with Crippen LogP contribution in [-0.4, -0.2) is 27.9 Å². The Balaban J connectivity index is 2.44. The molecule has 13 heavy (non-hydrogen) atoms. The van der Waals surface area contributed by atoms with Crippen LogP contribution in [0, 0.1) is 17.2 Å². The lowest BCUT2D eigenvalue weighted by Crippen LogP contribution is -2.26. The molecule has 1 aliphatic rings. The van der Waals surface area contributed by atoms with Crippen molar-refractivity contribution in [1.82, 2.24) is 0 Å². The molecule has 4 atom stereocenters. The highest BCUT2D eigenvalue weighted by Crippen LogP contribution is 2.19. The summed E-state index contributed by atoms with van der Waals surface area (Å²) in [7, 11) is -0.903. The predicted octanol–water partition coefficient (Wildman–Crippen LogP) is 1.07. The summed E-state index contributed by atoms with van der Waals surface area (Å²) < 4.78 is 17.0. The third-order valence-electron chi connectivity index (χ3n) is 2.28. The first-order valence-electron chi connectivity index (χ1n) is 4.53. The Morgan fingerprint density at radius 2 is 2.46 bits per heavy atom. The molecule has 4 unspecified atom stereocenters. The van der Waals surface area contributed by atoms with Crippen LogP contribution in [0.25, 0.3) is 0 Å². The highest BCUT2D eigenvalue weighted by atomic mass is 32.2. The zero-order valence-corrected chi connectivity index (χ0v) is 8.84. The molecule has 74 valence electrons. The van der Waals surface area contributed by atoms with Crippen molar-refractivity contribution in [2.45, 2.75) is 31.6 Å². The molecule has 0 aromatic heterocycles. The maximum absolute atomic E-state index is 11.7. The Labute approximate surface area is 81.5 Å². The summed E-state index contributed by atoms with van der Waals surface area (Å²) in [5, 5.41) is 8.71. The fourth-order valence-corrected chi connectivity index (χ4v) is 3.14. The number of nitrogens with zero attached hydrogens (tertiary/aromatic N) is 1. The minimum atomic E-state index is -0.903. The molecule has 0 bridgehead atoms. The van der Waals surface area contributed by atoms with Gasteiger partial charge in [0.15, 0.2) is 0 Å². The van der Waals surface area contributed by atoms with Gasteiger partial charge >= 0.3 is 0 Å². The Morgan fingerprint density at radius 3 is 2.92 bits per heavy atom. The average molecular weight is 201 g/mol. The van der Waals surface area contributed by atoms with Gasteiger partial charge in [-0.1, -0.05) is 0 Å². The van der Waals surface area contributed by atoms with Crippen LogP contribution in [0.4, 0.5) is 0 Å². The lowest BCUT2D eigenvalue weighted by atomic mass is 10.2. The van der Waals surface area contributed by atoms with E-state index >= 15 is 0 Å². The molecule has 0 saturated carbocycles. The zero-order chi connectivity index (χ0) is 9.84. The largest absolute Gasteiger partial charge is 0.377 e. The Kier molecular flexibility index (Phi) is 3.89. The second-order valence-corrected chi connectivity index (χ2v) is 5.18. The topological polar surface area (TPSA) is 50.1 Å². The van der Waals surface area contributed by atoms with Gasteiger partial charge in [-0.05, 0) is 20.3 Å². The summed E-state index contributed by atoms with van der Waals surface area (Å²) in [6.45, 7) is 4.46. The van der Waals surface area contributed by atoms with E-state index in [9.17, 15) is 4.21 Å². The molecule has 1 aliphatic heterocycles. The summed E-state index contributed by atoms with van der Waals surface area (Å²) in [6.07, 6.45) is 0.957. The monoisotopic (exact) mass is 201 g/mol. The van der Waals surface area contributed by atoms with Crippen molar-refractivity contribution in [2.75, 3.05) is 12.4 Å². The van der Waals surface area contributed by atoms with Crippen LogP contribution < -0.4 is 0 Å². The Morgan fingerprint density at radius 1 is 1.77 bits per heavy atom. The minimum Gasteiger partial charge on any atom is -0.377 e. The van der Waals surface area contributed by atoms with Crippen molar-refractivity contribution in [3.63, 3.8) is 0 Å². The van der Waals surface area contributed by atoms with Crippen molar-refractivity contribution in [2.24, 2.45) is 5.92 Å². The highest BCUT2D eigenvalue weighted by molar-refractivity contribution is 7.85. The molecule has 1 fully saturated rings. The van der Waals surface area contributed by atoms with Gasteiger partial charge in [0.05, 0.1) is 23.3 Å². The van der Waals surface area contributed by atoms with E-state index in [1.165, 1.54) is 0 Å². The molecule has 0 spiro atoms. The van der Waals surface area contributed by atoms with Crippen molar-refractivity contribution >= 4 is 10.8 Å². The number of rotatable bonds is 3. The van der Waals surface area contributed by atoms with Crippen molar-refractivity contribution < 1.29 is 8.95 Å². The van der Waals surface area contributed by atoms with Crippen LogP contribution >= 0.6 is 0 Å². The van der Waals surface area contributed by atoms with Crippen molar-refractivity contribution in [1.29, 1.82) is 5.26 Å². The molecule has 1 heterocycles. The maximum Gasteiger partial charge on any atom is 0.0691 e. The molecule has 1 rings (SSSR count). The van der Waals surface area contributed by atoms with Crippen LogP contribution in [0.5, 0.6) is 0 Å². The molecular formula is C9H15NO2S. The van der Waals surface area contributed by atoms with E-state index in [1.54, 1.807) is 6.92 Å². The molecule has 0 amide bonds. The highest BCUT2D eigenvalue weighted by Gasteiger charge is 2.30. The number of ether oxygens (including phenoxy) is 1. The first kappa shape index (κ1) is 10.7. The van der Waals surface area contributed by atoms with E-state index < -0.39 is 10.8 Å². The average Bonchev–Trinajstić information content (AvgIpc) is 2.51. The van der Waals surface area contributed by atoms with E-state index in [2.05, 4.69) is 6.07 Å². The third-order valence-corrected chi connectivity index (χ3v) is 4.40. The quantitative estimate of drug-likeness (QED) is 0.686. The summed E-state index contributed by atoms with van der Waals surface area (Å²) in [5.41, 5.74) is 0. The van der Waals surface area contributed by atoms with E-state index in [-0.39, 0.29) is 17.3 Å². The lowest BCUT2D eigenvalue weighted by Gasteiger charge is -2.13. The molecule has 0 aliphatic carbocycles. The zero-order valence-electron chi connectivity index (χ0n) is 8.03. The fourth-order valence-electron chi connectivity index (χ4n) is 1.46. The first-order valence-corrected chi connectivity index (χ1v) is 5.91. The molecule has 4 heteroatoms. The number of hydrogen-bond donors (Lipinski definition) is 0. The van der Waals surface area contributed by atoms with Gasteiger partial charge in [0.1, 0.15) is 0 Å². The molecule has 0 aromatic carbocycles. The number of nitriles is 1. The van der Waals surface area contributed by atoms with Gasteiger partial charge in [0.25, 0.3) is 0 Å². The van der Waals surface area contributed by atoms with Crippen LogP contribution in [-0.2, 0) is 15.5 Å². The number of hydrogen-bond acceptors (Lipinski definition) is 3. The summed E-state index contributed by atoms with van der Waals surface area (Å²) in [4.78, 5) is 0. The van der Waals surface area contributed by atoms with Gasteiger partial charge in [0, 0.05) is 23.2 Å². The van der Waals surface area contributed by atoms with Gasteiger partial charge in [-0.3, -0.25) is 4.21 Å². The van der Waals surface area contributed by atoms with Gasteiger partial charge in [-0.25, -0.2) is 0 Å². The van der Waals surface area contributed by atoms with Crippen molar-refractivity contribution in [3.8, 4) is 6.07 Å². The molecule has 1 saturated heterocycles. The van der Waals surface area contributed by atoms with E-state index in [0.717, 1.165) is 6.42 Å². The molecule has 0 N–H and O–H groups in total. The SMILES string of the molecule is CC(C#N)CS(=O)C1CCOC1C. The maximum atomic E-state index is 11.7. The van der Waals surface area contributed by atoms with E-state index in [1.807, 2.05) is 6.92 Å². The Hall–Kier alpha value is -0.400. The van der Waals surface area contributed by atoms with Crippen LogP contribution in [0.1, 0.15) is 20.3 Å². The second-order valence-electron chi connectivity index (χ2n) is 3.48. The lowest BCUT2D eigenvalue weighted by molar-refractivity contribution is 0.127. The van der Waals surface area contributed by atoms with Crippen LogP contribution in [0.15, 0.2) is 0 Å². The predicted molar refractivity (Wildman–Crippen MR) is 51.6 cm³/mol. The summed E-state index contributed by atoms with van der Waals surface area (Å²) >= 11 is 0. The summed E-state index contributed by atoms with van der Waals surface area (Å²) in [5.74, 6) is 0.364. The van der Waals surface area contributed by atoms with Crippen molar-refractivity contribution in [3.05, 3.63) is 0 Å². The molecule has 0 radical (unpaired) electrons.